The molecule has 0 bridgehead atoms. The van der Waals surface area contributed by atoms with Gasteiger partial charge in [-0.25, -0.2) is 0 Å². The number of hydrogen-bond donors (Lipinski definition) is 1. The number of benzene rings is 1. The Morgan fingerprint density at radius 3 is 2.23 bits per heavy atom. The van der Waals surface area contributed by atoms with Gasteiger partial charge in [-0.1, -0.05) is 12.1 Å². The molecule has 13 heavy (non-hydrogen) atoms. The third kappa shape index (κ3) is 1.88. The van der Waals surface area contributed by atoms with Crippen LogP contribution in [0.3, 0.4) is 0 Å². The van der Waals surface area contributed by atoms with Gasteiger partial charge in [0.15, 0.2) is 0 Å². The van der Waals surface area contributed by atoms with Crippen LogP contribution in [0.5, 0.6) is 0 Å². The Labute approximate surface area is 75.9 Å². The average Bonchev–Trinajstić information content (AvgIpc) is 2.85. The topological polar surface area (TPSA) is 66.9 Å². The molecule has 0 aliphatic carbocycles. The van der Waals surface area contributed by atoms with Crippen LogP contribution in [0.25, 0.3) is 0 Å². The third-order valence-corrected chi connectivity index (χ3v) is 2.75. The first kappa shape index (κ1) is 8.68. The summed E-state index contributed by atoms with van der Waals surface area (Å²) < 4.78 is 35.0. The first-order valence-electron chi connectivity index (χ1n) is 3.76. The van der Waals surface area contributed by atoms with Crippen molar-refractivity contribution in [2.24, 2.45) is 0 Å². The molecule has 0 radical (unpaired) electrons. The van der Waals surface area contributed by atoms with Crippen molar-refractivity contribution in [2.45, 2.75) is 11.0 Å². The molecule has 1 aliphatic heterocycles. The van der Waals surface area contributed by atoms with Gasteiger partial charge in [-0.3, -0.25) is 4.55 Å². The Bertz CT molecular complexity index is 402. The summed E-state index contributed by atoms with van der Waals surface area (Å²) in [6, 6.07) is 6.01. The number of rotatable bonds is 2. The van der Waals surface area contributed by atoms with Crippen molar-refractivity contribution in [1.82, 2.24) is 0 Å². The maximum absolute atomic E-state index is 10.7. The number of ether oxygens (including phenoxy) is 1. The highest BCUT2D eigenvalue weighted by Crippen LogP contribution is 2.29. The lowest BCUT2D eigenvalue weighted by atomic mass is 10.2. The summed E-state index contributed by atoms with van der Waals surface area (Å²) >= 11 is 0. The molecule has 2 rings (SSSR count). The summed E-state index contributed by atoms with van der Waals surface area (Å²) in [6.07, 6.45) is 0.107. The summed E-state index contributed by atoms with van der Waals surface area (Å²) in [5, 5.41) is 0. The van der Waals surface area contributed by atoms with E-state index in [1.807, 2.05) is 0 Å². The molecule has 0 aromatic heterocycles. The molecule has 1 unspecified atom stereocenters. The zero-order chi connectivity index (χ0) is 9.47. The summed E-state index contributed by atoms with van der Waals surface area (Å²) in [5.74, 6) is 0. The van der Waals surface area contributed by atoms with Crippen molar-refractivity contribution in [3.05, 3.63) is 29.8 Å². The Morgan fingerprint density at radius 2 is 1.85 bits per heavy atom. The van der Waals surface area contributed by atoms with Crippen LogP contribution >= 0.6 is 0 Å². The van der Waals surface area contributed by atoms with Crippen molar-refractivity contribution in [1.29, 1.82) is 0 Å². The first-order chi connectivity index (χ1) is 6.07. The van der Waals surface area contributed by atoms with E-state index in [4.69, 9.17) is 9.29 Å². The van der Waals surface area contributed by atoms with Gasteiger partial charge >= 0.3 is 0 Å². The van der Waals surface area contributed by atoms with Crippen molar-refractivity contribution in [3.63, 3.8) is 0 Å². The van der Waals surface area contributed by atoms with Gasteiger partial charge in [-0.15, -0.1) is 0 Å². The molecule has 0 spiro atoms. The van der Waals surface area contributed by atoms with E-state index in [9.17, 15) is 8.42 Å². The van der Waals surface area contributed by atoms with E-state index in [1.165, 1.54) is 12.1 Å². The quantitative estimate of drug-likeness (QED) is 0.571. The SMILES string of the molecule is O=S(=O)(O)c1ccc(C2CO2)cc1. The Morgan fingerprint density at radius 1 is 1.31 bits per heavy atom. The second-order valence-corrected chi connectivity index (χ2v) is 4.29. The fraction of sp³-hybridized carbons (Fsp3) is 0.250. The minimum Gasteiger partial charge on any atom is -0.368 e. The third-order valence-electron chi connectivity index (χ3n) is 1.88. The molecule has 0 saturated carbocycles. The van der Waals surface area contributed by atoms with Crippen molar-refractivity contribution in [3.8, 4) is 0 Å². The van der Waals surface area contributed by atoms with Crippen molar-refractivity contribution < 1.29 is 17.7 Å². The molecule has 1 saturated heterocycles. The lowest BCUT2D eigenvalue weighted by Crippen LogP contribution is -1.97. The lowest BCUT2D eigenvalue weighted by Gasteiger charge is -1.97. The molecule has 4 nitrogen and oxygen atoms in total. The minimum atomic E-state index is -4.07. The smallest absolute Gasteiger partial charge is 0.294 e. The normalized spacial score (nSPS) is 21.5. The molecule has 1 aliphatic rings. The van der Waals surface area contributed by atoms with Crippen molar-refractivity contribution in [2.75, 3.05) is 6.61 Å². The molecule has 0 amide bonds. The van der Waals surface area contributed by atoms with Gasteiger partial charge in [0.2, 0.25) is 0 Å². The average molecular weight is 200 g/mol. The van der Waals surface area contributed by atoms with Crippen LogP contribution in [0.4, 0.5) is 0 Å². The second kappa shape index (κ2) is 2.80. The van der Waals surface area contributed by atoms with E-state index < -0.39 is 10.1 Å². The molecule has 1 heterocycles. The van der Waals surface area contributed by atoms with Gasteiger partial charge in [0, 0.05) is 0 Å². The van der Waals surface area contributed by atoms with Crippen LogP contribution in [0, 0.1) is 0 Å². The summed E-state index contributed by atoms with van der Waals surface area (Å²) in [6.45, 7) is 0.686. The van der Waals surface area contributed by atoms with Crippen LogP contribution in [0.1, 0.15) is 11.7 Å². The van der Waals surface area contributed by atoms with Crippen molar-refractivity contribution >= 4 is 10.1 Å². The number of epoxide rings is 1. The summed E-state index contributed by atoms with van der Waals surface area (Å²) in [5.41, 5.74) is 0.937. The van der Waals surface area contributed by atoms with E-state index in [0.717, 1.165) is 5.56 Å². The second-order valence-electron chi connectivity index (χ2n) is 2.87. The van der Waals surface area contributed by atoms with Crippen LogP contribution < -0.4 is 0 Å². The number of hydrogen-bond acceptors (Lipinski definition) is 3. The summed E-state index contributed by atoms with van der Waals surface area (Å²) in [7, 11) is -4.07. The summed E-state index contributed by atoms with van der Waals surface area (Å²) in [4.78, 5) is -0.0862. The maximum atomic E-state index is 10.7. The predicted octanol–water partition coefficient (Wildman–Crippen LogP) is 1.00. The highest BCUT2D eigenvalue weighted by molar-refractivity contribution is 7.85. The van der Waals surface area contributed by atoms with Gasteiger partial charge in [0.25, 0.3) is 10.1 Å². The molecule has 1 aromatic rings. The van der Waals surface area contributed by atoms with Gasteiger partial charge in [-0.05, 0) is 17.7 Å². The van der Waals surface area contributed by atoms with Gasteiger partial charge in [0.1, 0.15) is 6.10 Å². The monoisotopic (exact) mass is 200 g/mol. The Hall–Kier alpha value is -0.910. The first-order valence-corrected chi connectivity index (χ1v) is 5.20. The molecular formula is C8H8O4S. The molecule has 70 valence electrons. The highest BCUT2D eigenvalue weighted by atomic mass is 32.2. The molecular weight excluding hydrogens is 192 g/mol. The molecule has 1 N–H and O–H groups in total. The van der Waals surface area contributed by atoms with E-state index in [-0.39, 0.29) is 11.0 Å². The molecule has 1 atom stereocenters. The fourth-order valence-electron chi connectivity index (χ4n) is 1.10. The van der Waals surface area contributed by atoms with Gasteiger partial charge in [0.05, 0.1) is 11.5 Å². The van der Waals surface area contributed by atoms with Crippen LogP contribution in [-0.2, 0) is 14.9 Å². The van der Waals surface area contributed by atoms with E-state index >= 15 is 0 Å². The Balaban J connectivity index is 2.33. The van der Waals surface area contributed by atoms with E-state index in [0.29, 0.717) is 6.61 Å². The van der Waals surface area contributed by atoms with Crippen LogP contribution in [-0.4, -0.2) is 19.6 Å². The molecule has 1 fully saturated rings. The Kier molecular flexibility index (Phi) is 1.87. The van der Waals surface area contributed by atoms with E-state index in [1.54, 1.807) is 12.1 Å². The van der Waals surface area contributed by atoms with Gasteiger partial charge < -0.3 is 4.74 Å². The fourth-order valence-corrected chi connectivity index (χ4v) is 1.58. The minimum absolute atomic E-state index is 0.0862. The van der Waals surface area contributed by atoms with E-state index in [2.05, 4.69) is 0 Å². The lowest BCUT2D eigenvalue weighted by molar-refractivity contribution is 0.415. The highest BCUT2D eigenvalue weighted by Gasteiger charge is 2.24. The van der Waals surface area contributed by atoms with Crippen LogP contribution in [0.2, 0.25) is 0 Å². The molecule has 5 heteroatoms. The zero-order valence-corrected chi connectivity index (χ0v) is 7.49. The molecule has 1 aromatic carbocycles. The van der Waals surface area contributed by atoms with Gasteiger partial charge in [-0.2, -0.15) is 8.42 Å². The predicted molar refractivity (Wildman–Crippen MR) is 44.9 cm³/mol. The standard InChI is InChI=1S/C8H8O4S/c9-13(10,11)7-3-1-6(2-4-7)8-5-12-8/h1-4,8H,5H2,(H,9,10,11). The maximum Gasteiger partial charge on any atom is 0.294 e. The zero-order valence-electron chi connectivity index (χ0n) is 6.67. The largest absolute Gasteiger partial charge is 0.368 e. The van der Waals surface area contributed by atoms with Crippen LogP contribution in [0.15, 0.2) is 29.2 Å².